The second kappa shape index (κ2) is 6.33. The van der Waals surface area contributed by atoms with Gasteiger partial charge in [0.05, 0.1) is 5.69 Å². The van der Waals surface area contributed by atoms with Crippen LogP contribution in [-0.4, -0.2) is 29.3 Å². The molecule has 0 unspecified atom stereocenters. The van der Waals surface area contributed by atoms with Crippen LogP contribution in [0.3, 0.4) is 0 Å². The molecule has 2 N–H and O–H groups in total. The van der Waals surface area contributed by atoms with Crippen LogP contribution in [0.4, 0.5) is 11.6 Å². The first-order chi connectivity index (χ1) is 9.63. The van der Waals surface area contributed by atoms with Crippen molar-refractivity contribution < 1.29 is 9.26 Å². The minimum atomic E-state index is 0.371. The number of aryl methyl sites for hydroxylation is 2. The third-order valence-electron chi connectivity index (χ3n) is 2.93. The number of anilines is 2. The number of nitrogens with one attached hydrogen (secondary N) is 2. The number of ether oxygens (including phenoxy) is 1. The lowest BCUT2D eigenvalue weighted by atomic mass is 10.2. The molecule has 0 spiro atoms. The first-order valence-electron chi connectivity index (χ1n) is 6.34. The molecule has 2 aromatic rings. The van der Waals surface area contributed by atoms with Crippen LogP contribution in [0.25, 0.3) is 0 Å². The van der Waals surface area contributed by atoms with Crippen molar-refractivity contribution in [3.05, 3.63) is 28.9 Å². The van der Waals surface area contributed by atoms with Crippen LogP contribution in [0, 0.1) is 13.8 Å². The van der Waals surface area contributed by atoms with Crippen molar-refractivity contribution in [3.63, 3.8) is 0 Å². The van der Waals surface area contributed by atoms with Crippen LogP contribution in [0.1, 0.15) is 22.8 Å². The zero-order valence-electron chi connectivity index (χ0n) is 12.1. The second-order valence-electron chi connectivity index (χ2n) is 4.39. The molecule has 0 saturated heterocycles. The molecule has 2 heterocycles. The number of hydrogen-bond donors (Lipinski definition) is 2. The van der Waals surface area contributed by atoms with Crippen LogP contribution >= 0.6 is 0 Å². The fraction of sp³-hybridized carbons (Fsp3) is 0.462. The van der Waals surface area contributed by atoms with Gasteiger partial charge in [0.2, 0.25) is 0 Å². The summed E-state index contributed by atoms with van der Waals surface area (Å²) in [4.78, 5) is 8.70. The highest BCUT2D eigenvalue weighted by Gasteiger charge is 2.10. The molecule has 108 valence electrons. The average Bonchev–Trinajstić information content (AvgIpc) is 2.76. The molecule has 0 aliphatic heterocycles. The third-order valence-corrected chi connectivity index (χ3v) is 2.93. The van der Waals surface area contributed by atoms with Crippen LogP contribution in [0.5, 0.6) is 0 Å². The fourth-order valence-corrected chi connectivity index (χ4v) is 1.84. The maximum absolute atomic E-state index is 5.14. The lowest BCUT2D eigenvalue weighted by Crippen LogP contribution is -2.08. The van der Waals surface area contributed by atoms with Crippen LogP contribution in [-0.2, 0) is 17.9 Å². The van der Waals surface area contributed by atoms with Crippen molar-refractivity contribution in [1.82, 2.24) is 15.1 Å². The van der Waals surface area contributed by atoms with Gasteiger partial charge in [-0.2, -0.15) is 0 Å². The quantitative estimate of drug-likeness (QED) is 0.833. The van der Waals surface area contributed by atoms with Gasteiger partial charge in [0.1, 0.15) is 24.0 Å². The largest absolute Gasteiger partial charge is 0.377 e. The standard InChI is InChI=1S/C13H19N5O2/c1-8-10(9(2)20-18-8)6-15-12-5-11(14-3)16-13(17-12)7-19-4/h5H,6-7H2,1-4H3,(H2,14,15,16,17). The molecule has 0 radical (unpaired) electrons. The summed E-state index contributed by atoms with van der Waals surface area (Å²) in [6.07, 6.45) is 0. The maximum atomic E-state index is 5.14. The summed E-state index contributed by atoms with van der Waals surface area (Å²) in [5.41, 5.74) is 1.93. The van der Waals surface area contributed by atoms with Crippen molar-refractivity contribution in [3.8, 4) is 0 Å². The Labute approximate surface area is 117 Å². The number of rotatable bonds is 6. The van der Waals surface area contributed by atoms with E-state index < -0.39 is 0 Å². The molecular weight excluding hydrogens is 258 g/mol. The number of methoxy groups -OCH3 is 1. The Morgan fingerprint density at radius 3 is 2.60 bits per heavy atom. The number of hydrogen-bond acceptors (Lipinski definition) is 7. The summed E-state index contributed by atoms with van der Waals surface area (Å²) in [6.45, 7) is 4.79. The molecule has 0 bridgehead atoms. The first-order valence-corrected chi connectivity index (χ1v) is 6.34. The predicted octanol–water partition coefficient (Wildman–Crippen LogP) is 1.88. The van der Waals surface area contributed by atoms with Crippen molar-refractivity contribution in [2.45, 2.75) is 27.0 Å². The van der Waals surface area contributed by atoms with Gasteiger partial charge in [-0.1, -0.05) is 5.16 Å². The molecular formula is C13H19N5O2. The van der Waals surface area contributed by atoms with Gasteiger partial charge in [-0.15, -0.1) is 0 Å². The highest BCUT2D eigenvalue weighted by molar-refractivity contribution is 5.47. The molecule has 7 heteroatoms. The van der Waals surface area contributed by atoms with E-state index in [1.54, 1.807) is 7.11 Å². The summed E-state index contributed by atoms with van der Waals surface area (Å²) in [5, 5.41) is 10.2. The van der Waals surface area contributed by atoms with Gasteiger partial charge >= 0.3 is 0 Å². The van der Waals surface area contributed by atoms with E-state index in [0.29, 0.717) is 19.0 Å². The molecule has 20 heavy (non-hydrogen) atoms. The number of aromatic nitrogens is 3. The highest BCUT2D eigenvalue weighted by Crippen LogP contribution is 2.16. The van der Waals surface area contributed by atoms with E-state index in [1.165, 1.54) is 0 Å². The van der Waals surface area contributed by atoms with Crippen molar-refractivity contribution in [1.29, 1.82) is 0 Å². The molecule has 0 aliphatic carbocycles. The zero-order valence-corrected chi connectivity index (χ0v) is 12.1. The summed E-state index contributed by atoms with van der Waals surface area (Å²) < 4.78 is 10.2. The SMILES string of the molecule is CNc1cc(NCc2c(C)noc2C)nc(COC)n1. The van der Waals surface area contributed by atoms with Crippen LogP contribution in [0.15, 0.2) is 10.6 Å². The second-order valence-corrected chi connectivity index (χ2v) is 4.39. The van der Waals surface area contributed by atoms with E-state index in [0.717, 1.165) is 28.7 Å². The van der Waals surface area contributed by atoms with E-state index in [2.05, 4.69) is 25.8 Å². The average molecular weight is 277 g/mol. The van der Waals surface area contributed by atoms with Crippen LogP contribution in [0.2, 0.25) is 0 Å². The Balaban J connectivity index is 2.14. The Bertz CT molecular complexity index is 563. The Morgan fingerprint density at radius 2 is 2.00 bits per heavy atom. The fourth-order valence-electron chi connectivity index (χ4n) is 1.84. The molecule has 0 aliphatic rings. The summed E-state index contributed by atoms with van der Waals surface area (Å²) in [5.74, 6) is 2.92. The molecule has 0 saturated carbocycles. The molecule has 0 aromatic carbocycles. The maximum Gasteiger partial charge on any atom is 0.158 e. The number of nitrogens with zero attached hydrogens (tertiary/aromatic N) is 3. The van der Waals surface area contributed by atoms with Crippen molar-refractivity contribution in [2.75, 3.05) is 24.8 Å². The van der Waals surface area contributed by atoms with Crippen LogP contribution < -0.4 is 10.6 Å². The lowest BCUT2D eigenvalue weighted by Gasteiger charge is -2.09. The monoisotopic (exact) mass is 277 g/mol. The van der Waals surface area contributed by atoms with E-state index in [4.69, 9.17) is 9.26 Å². The highest BCUT2D eigenvalue weighted by atomic mass is 16.5. The zero-order chi connectivity index (χ0) is 14.5. The summed E-state index contributed by atoms with van der Waals surface area (Å²) >= 11 is 0. The Hall–Kier alpha value is -2.15. The van der Waals surface area contributed by atoms with E-state index in [1.807, 2.05) is 27.0 Å². The van der Waals surface area contributed by atoms with Gasteiger partial charge in [0, 0.05) is 32.3 Å². The van der Waals surface area contributed by atoms with E-state index >= 15 is 0 Å². The molecule has 7 nitrogen and oxygen atoms in total. The predicted molar refractivity (Wildman–Crippen MR) is 75.6 cm³/mol. The minimum absolute atomic E-state index is 0.371. The Morgan fingerprint density at radius 1 is 1.25 bits per heavy atom. The third kappa shape index (κ3) is 3.24. The van der Waals surface area contributed by atoms with Crippen molar-refractivity contribution in [2.24, 2.45) is 0 Å². The summed E-state index contributed by atoms with van der Waals surface area (Å²) in [7, 11) is 3.43. The molecule has 2 rings (SSSR count). The molecule has 0 fully saturated rings. The minimum Gasteiger partial charge on any atom is -0.377 e. The van der Waals surface area contributed by atoms with Crippen molar-refractivity contribution >= 4 is 11.6 Å². The Kier molecular flexibility index (Phi) is 4.52. The molecule has 2 aromatic heterocycles. The molecule has 0 atom stereocenters. The smallest absolute Gasteiger partial charge is 0.158 e. The van der Waals surface area contributed by atoms with Gasteiger partial charge in [-0.25, -0.2) is 9.97 Å². The molecule has 0 amide bonds. The van der Waals surface area contributed by atoms with Gasteiger partial charge in [-0.3, -0.25) is 0 Å². The normalized spacial score (nSPS) is 10.6. The van der Waals surface area contributed by atoms with Gasteiger partial charge < -0.3 is 19.9 Å². The van der Waals surface area contributed by atoms with E-state index in [9.17, 15) is 0 Å². The van der Waals surface area contributed by atoms with Gasteiger partial charge in [-0.05, 0) is 13.8 Å². The van der Waals surface area contributed by atoms with Gasteiger partial charge in [0.15, 0.2) is 5.82 Å². The summed E-state index contributed by atoms with van der Waals surface area (Å²) in [6, 6.07) is 1.84. The van der Waals surface area contributed by atoms with Gasteiger partial charge in [0.25, 0.3) is 0 Å². The van der Waals surface area contributed by atoms with E-state index in [-0.39, 0.29) is 0 Å². The topological polar surface area (TPSA) is 85.1 Å². The first kappa shape index (κ1) is 14.3. The lowest BCUT2D eigenvalue weighted by molar-refractivity contribution is 0.178.